The van der Waals surface area contributed by atoms with Crippen molar-refractivity contribution in [1.82, 2.24) is 10.6 Å². The Bertz CT molecular complexity index is 272. The van der Waals surface area contributed by atoms with Gasteiger partial charge in [0.1, 0.15) is 0 Å². The molecular formula is C15H30N2O4. The third kappa shape index (κ3) is 10.6. The Morgan fingerprint density at radius 1 is 1.24 bits per heavy atom. The Labute approximate surface area is 127 Å². The van der Waals surface area contributed by atoms with Gasteiger partial charge < -0.3 is 25.2 Å². The fourth-order valence-electron chi connectivity index (χ4n) is 1.78. The molecule has 0 heterocycles. The van der Waals surface area contributed by atoms with Crippen molar-refractivity contribution in [2.24, 2.45) is 5.92 Å². The van der Waals surface area contributed by atoms with E-state index in [-0.39, 0.29) is 11.8 Å². The minimum absolute atomic E-state index is 0.156. The summed E-state index contributed by atoms with van der Waals surface area (Å²) in [6.07, 6.45) is 3.73. The SMILES string of the molecule is CCCCOCCOCC(O)CNCCNC(=O)C1CC1. The van der Waals surface area contributed by atoms with Gasteiger partial charge in [0.25, 0.3) is 0 Å². The van der Waals surface area contributed by atoms with E-state index in [1.165, 1.54) is 0 Å². The third-order valence-corrected chi connectivity index (χ3v) is 3.25. The van der Waals surface area contributed by atoms with Crippen LogP contribution in [0.5, 0.6) is 0 Å². The highest BCUT2D eigenvalue weighted by Crippen LogP contribution is 2.28. The number of aliphatic hydroxyl groups excluding tert-OH is 1. The summed E-state index contributed by atoms with van der Waals surface area (Å²) in [5, 5.41) is 15.6. The van der Waals surface area contributed by atoms with Gasteiger partial charge in [-0.3, -0.25) is 4.79 Å². The van der Waals surface area contributed by atoms with E-state index in [9.17, 15) is 9.90 Å². The molecule has 3 N–H and O–H groups in total. The van der Waals surface area contributed by atoms with Crippen LogP contribution in [0.3, 0.4) is 0 Å². The van der Waals surface area contributed by atoms with E-state index in [2.05, 4.69) is 17.6 Å². The highest BCUT2D eigenvalue weighted by atomic mass is 16.5. The predicted octanol–water partition coefficient (Wildman–Crippen LogP) is 0.296. The van der Waals surface area contributed by atoms with E-state index in [1.54, 1.807) is 0 Å². The van der Waals surface area contributed by atoms with Crippen LogP contribution in [-0.2, 0) is 14.3 Å². The number of amides is 1. The van der Waals surface area contributed by atoms with Gasteiger partial charge in [0.05, 0.1) is 25.9 Å². The second-order valence-electron chi connectivity index (χ2n) is 5.46. The Morgan fingerprint density at radius 2 is 2.00 bits per heavy atom. The molecule has 1 saturated carbocycles. The number of carbonyl (C=O) groups excluding carboxylic acids is 1. The van der Waals surface area contributed by atoms with Crippen LogP contribution < -0.4 is 10.6 Å². The molecule has 0 saturated heterocycles. The van der Waals surface area contributed by atoms with Gasteiger partial charge in [0.15, 0.2) is 0 Å². The van der Waals surface area contributed by atoms with Gasteiger partial charge in [-0.05, 0) is 19.3 Å². The number of nitrogens with one attached hydrogen (secondary N) is 2. The first-order valence-electron chi connectivity index (χ1n) is 8.06. The van der Waals surface area contributed by atoms with Crippen molar-refractivity contribution in [3.63, 3.8) is 0 Å². The number of hydrogen-bond donors (Lipinski definition) is 3. The van der Waals surface area contributed by atoms with Crippen LogP contribution in [-0.4, -0.2) is 63.2 Å². The molecule has 1 rings (SSSR count). The maximum absolute atomic E-state index is 11.4. The quantitative estimate of drug-likeness (QED) is 0.402. The maximum Gasteiger partial charge on any atom is 0.223 e. The summed E-state index contributed by atoms with van der Waals surface area (Å²) in [5.41, 5.74) is 0. The summed E-state index contributed by atoms with van der Waals surface area (Å²) in [6.45, 7) is 6.03. The first-order chi connectivity index (χ1) is 10.2. The van der Waals surface area contributed by atoms with Gasteiger partial charge >= 0.3 is 0 Å². The summed E-state index contributed by atoms with van der Waals surface area (Å²) >= 11 is 0. The molecule has 0 aromatic rings. The van der Waals surface area contributed by atoms with Crippen LogP contribution in [0.15, 0.2) is 0 Å². The molecule has 0 radical (unpaired) electrons. The molecule has 1 unspecified atom stereocenters. The molecular weight excluding hydrogens is 272 g/mol. The van der Waals surface area contributed by atoms with Crippen molar-refractivity contribution in [1.29, 1.82) is 0 Å². The molecule has 124 valence electrons. The maximum atomic E-state index is 11.4. The van der Waals surface area contributed by atoms with Gasteiger partial charge in [-0.2, -0.15) is 0 Å². The zero-order valence-corrected chi connectivity index (χ0v) is 13.1. The summed E-state index contributed by atoms with van der Waals surface area (Å²) in [4.78, 5) is 11.4. The lowest BCUT2D eigenvalue weighted by atomic mass is 10.3. The van der Waals surface area contributed by atoms with Crippen molar-refractivity contribution >= 4 is 5.91 Å². The summed E-state index contributed by atoms with van der Waals surface area (Å²) in [6, 6.07) is 0. The number of carbonyl (C=O) groups is 1. The van der Waals surface area contributed by atoms with Gasteiger partial charge in [0, 0.05) is 32.2 Å². The van der Waals surface area contributed by atoms with Crippen molar-refractivity contribution in [2.45, 2.75) is 38.7 Å². The zero-order chi connectivity index (χ0) is 15.3. The normalized spacial score (nSPS) is 15.9. The molecule has 1 amide bonds. The monoisotopic (exact) mass is 302 g/mol. The van der Waals surface area contributed by atoms with Crippen LogP contribution in [0.2, 0.25) is 0 Å². The lowest BCUT2D eigenvalue weighted by molar-refractivity contribution is -0.122. The first kappa shape index (κ1) is 18.4. The van der Waals surface area contributed by atoms with Gasteiger partial charge in [-0.25, -0.2) is 0 Å². The number of rotatable bonds is 14. The molecule has 0 spiro atoms. The van der Waals surface area contributed by atoms with E-state index < -0.39 is 6.10 Å². The standard InChI is InChI=1S/C15H30N2O4/c1-2-3-8-20-9-10-21-12-14(18)11-16-6-7-17-15(19)13-4-5-13/h13-14,16,18H,2-12H2,1H3,(H,17,19). The molecule has 0 aromatic carbocycles. The highest BCUT2D eigenvalue weighted by molar-refractivity contribution is 5.80. The summed E-state index contributed by atoms with van der Waals surface area (Å²) < 4.78 is 10.7. The van der Waals surface area contributed by atoms with E-state index >= 15 is 0 Å². The molecule has 1 atom stereocenters. The fourth-order valence-corrected chi connectivity index (χ4v) is 1.78. The fraction of sp³-hybridized carbons (Fsp3) is 0.933. The van der Waals surface area contributed by atoms with Crippen molar-refractivity contribution in [2.75, 3.05) is 46.1 Å². The molecule has 1 aliphatic rings. The Balaban J connectivity index is 1.78. The van der Waals surface area contributed by atoms with Crippen LogP contribution in [0.4, 0.5) is 0 Å². The predicted molar refractivity (Wildman–Crippen MR) is 81.2 cm³/mol. The lowest BCUT2D eigenvalue weighted by Crippen LogP contribution is -2.37. The summed E-state index contributed by atoms with van der Waals surface area (Å²) in [7, 11) is 0. The second-order valence-corrected chi connectivity index (χ2v) is 5.46. The molecule has 6 heteroatoms. The minimum atomic E-state index is -0.528. The molecule has 0 bridgehead atoms. The van der Waals surface area contributed by atoms with Gasteiger partial charge in [-0.15, -0.1) is 0 Å². The topological polar surface area (TPSA) is 79.8 Å². The number of unbranched alkanes of at least 4 members (excludes halogenated alkanes) is 1. The molecule has 6 nitrogen and oxygen atoms in total. The zero-order valence-electron chi connectivity index (χ0n) is 13.1. The number of aliphatic hydroxyl groups is 1. The Morgan fingerprint density at radius 3 is 2.71 bits per heavy atom. The number of ether oxygens (including phenoxy) is 2. The Kier molecular flexibility index (Phi) is 10.4. The van der Waals surface area contributed by atoms with E-state index in [0.29, 0.717) is 39.5 Å². The van der Waals surface area contributed by atoms with Crippen molar-refractivity contribution in [3.05, 3.63) is 0 Å². The average Bonchev–Trinajstić information content (AvgIpc) is 3.30. The average molecular weight is 302 g/mol. The molecule has 1 fully saturated rings. The first-order valence-corrected chi connectivity index (χ1v) is 8.06. The Hall–Kier alpha value is -0.690. The van der Waals surface area contributed by atoms with E-state index in [1.807, 2.05) is 0 Å². The second kappa shape index (κ2) is 11.9. The molecule has 0 aliphatic heterocycles. The van der Waals surface area contributed by atoms with Crippen molar-refractivity contribution < 1.29 is 19.4 Å². The third-order valence-electron chi connectivity index (χ3n) is 3.25. The smallest absolute Gasteiger partial charge is 0.223 e. The minimum Gasteiger partial charge on any atom is -0.389 e. The summed E-state index contributed by atoms with van der Waals surface area (Å²) in [5.74, 6) is 0.410. The lowest BCUT2D eigenvalue weighted by Gasteiger charge is -2.13. The van der Waals surface area contributed by atoms with Crippen LogP contribution in [0.25, 0.3) is 0 Å². The van der Waals surface area contributed by atoms with Gasteiger partial charge in [-0.1, -0.05) is 13.3 Å². The number of hydrogen-bond acceptors (Lipinski definition) is 5. The van der Waals surface area contributed by atoms with Crippen LogP contribution >= 0.6 is 0 Å². The van der Waals surface area contributed by atoms with Gasteiger partial charge in [0.2, 0.25) is 5.91 Å². The van der Waals surface area contributed by atoms with Crippen molar-refractivity contribution in [3.8, 4) is 0 Å². The molecule has 0 aromatic heterocycles. The van der Waals surface area contributed by atoms with E-state index in [4.69, 9.17) is 9.47 Å². The molecule has 1 aliphatic carbocycles. The molecule has 21 heavy (non-hydrogen) atoms. The largest absolute Gasteiger partial charge is 0.389 e. The highest BCUT2D eigenvalue weighted by Gasteiger charge is 2.28. The van der Waals surface area contributed by atoms with E-state index in [0.717, 1.165) is 32.3 Å². The van der Waals surface area contributed by atoms with Crippen LogP contribution in [0.1, 0.15) is 32.6 Å². The van der Waals surface area contributed by atoms with Crippen LogP contribution in [0, 0.1) is 5.92 Å².